The number of esters is 1. The lowest BCUT2D eigenvalue weighted by atomic mass is 10.1. The molecule has 2 aromatic heterocycles. The van der Waals surface area contributed by atoms with Gasteiger partial charge in [0.15, 0.2) is 5.76 Å². The van der Waals surface area contributed by atoms with Gasteiger partial charge in [-0.15, -0.1) is 0 Å². The molecule has 0 spiro atoms. The third-order valence-electron chi connectivity index (χ3n) is 4.90. The molecule has 0 saturated heterocycles. The van der Waals surface area contributed by atoms with Gasteiger partial charge in [-0.2, -0.15) is 0 Å². The normalized spacial score (nSPS) is 15.1. The number of para-hydroxylation sites is 1. The number of aromatic nitrogens is 2. The first kappa shape index (κ1) is 17.4. The predicted molar refractivity (Wildman–Crippen MR) is 107 cm³/mol. The van der Waals surface area contributed by atoms with Crippen LogP contribution in [-0.4, -0.2) is 22.2 Å². The first-order chi connectivity index (χ1) is 14.2. The molecular formula is C23H18N2O4. The van der Waals surface area contributed by atoms with Crippen LogP contribution in [0.4, 0.5) is 0 Å². The van der Waals surface area contributed by atoms with Gasteiger partial charge >= 0.3 is 5.97 Å². The van der Waals surface area contributed by atoms with Crippen LogP contribution in [-0.2, 0) is 17.8 Å². The van der Waals surface area contributed by atoms with Crippen molar-refractivity contribution in [1.29, 1.82) is 0 Å². The molecule has 3 heterocycles. The molecular weight excluding hydrogens is 368 g/mol. The van der Waals surface area contributed by atoms with Crippen LogP contribution >= 0.6 is 0 Å². The third kappa shape index (κ3) is 3.45. The largest absolute Gasteiger partial charge is 0.490 e. The predicted octanol–water partition coefficient (Wildman–Crippen LogP) is 4.57. The van der Waals surface area contributed by atoms with Crippen molar-refractivity contribution in [3.05, 3.63) is 77.6 Å². The number of rotatable bonds is 4. The molecule has 29 heavy (non-hydrogen) atoms. The van der Waals surface area contributed by atoms with E-state index in [4.69, 9.17) is 14.0 Å². The number of hydrogen-bond donors (Lipinski definition) is 0. The Morgan fingerprint density at radius 3 is 2.97 bits per heavy atom. The summed E-state index contributed by atoms with van der Waals surface area (Å²) in [6.07, 6.45) is 1.10. The summed E-state index contributed by atoms with van der Waals surface area (Å²) in [5.41, 5.74) is 3.61. The molecule has 1 atom stereocenters. The molecule has 0 radical (unpaired) electrons. The lowest BCUT2D eigenvalue weighted by Gasteiger charge is -2.03. The number of carbonyl (C=O) groups is 1. The second-order valence-corrected chi connectivity index (χ2v) is 7.10. The highest BCUT2D eigenvalue weighted by Crippen LogP contribution is 2.33. The summed E-state index contributed by atoms with van der Waals surface area (Å²) >= 11 is 0. The molecule has 0 saturated carbocycles. The van der Waals surface area contributed by atoms with Gasteiger partial charge in [0.2, 0.25) is 0 Å². The zero-order valence-electron chi connectivity index (χ0n) is 15.8. The van der Waals surface area contributed by atoms with Crippen molar-refractivity contribution in [3.8, 4) is 17.1 Å². The van der Waals surface area contributed by atoms with E-state index >= 15 is 0 Å². The van der Waals surface area contributed by atoms with E-state index in [0.29, 0.717) is 11.5 Å². The van der Waals surface area contributed by atoms with Crippen LogP contribution in [0.25, 0.3) is 22.2 Å². The van der Waals surface area contributed by atoms with Crippen LogP contribution in [0.15, 0.2) is 65.2 Å². The molecule has 0 fully saturated rings. The van der Waals surface area contributed by atoms with Crippen LogP contribution in [0.1, 0.15) is 28.7 Å². The Morgan fingerprint density at radius 2 is 2.03 bits per heavy atom. The summed E-state index contributed by atoms with van der Waals surface area (Å²) in [6, 6.07) is 18.9. The Bertz CT molecular complexity index is 1210. The van der Waals surface area contributed by atoms with Crippen molar-refractivity contribution in [2.75, 3.05) is 0 Å². The van der Waals surface area contributed by atoms with Crippen LogP contribution in [0.2, 0.25) is 0 Å². The maximum Gasteiger partial charge on any atom is 0.357 e. The quantitative estimate of drug-likeness (QED) is 0.478. The van der Waals surface area contributed by atoms with E-state index in [1.54, 1.807) is 12.1 Å². The van der Waals surface area contributed by atoms with E-state index in [2.05, 4.69) is 10.1 Å². The first-order valence-corrected chi connectivity index (χ1v) is 9.44. The highest BCUT2D eigenvalue weighted by Gasteiger charge is 2.20. The molecule has 6 nitrogen and oxygen atoms in total. The molecule has 0 N–H and O–H groups in total. The van der Waals surface area contributed by atoms with Crippen molar-refractivity contribution in [2.45, 2.75) is 26.1 Å². The molecule has 0 aliphatic carbocycles. The molecule has 0 amide bonds. The van der Waals surface area contributed by atoms with Crippen LogP contribution < -0.4 is 4.74 Å². The van der Waals surface area contributed by atoms with E-state index in [9.17, 15) is 4.79 Å². The van der Waals surface area contributed by atoms with E-state index in [1.165, 1.54) is 5.56 Å². The van der Waals surface area contributed by atoms with Crippen LogP contribution in [0, 0.1) is 0 Å². The molecule has 1 aliphatic heterocycles. The molecule has 4 aromatic rings. The van der Waals surface area contributed by atoms with Crippen molar-refractivity contribution in [2.24, 2.45) is 0 Å². The van der Waals surface area contributed by atoms with E-state index in [1.807, 2.05) is 55.5 Å². The molecule has 2 aromatic carbocycles. The number of carbonyl (C=O) groups excluding carboxylic acids is 1. The smallest absolute Gasteiger partial charge is 0.357 e. The lowest BCUT2D eigenvalue weighted by molar-refractivity contribution is 0.0458. The molecule has 144 valence electrons. The first-order valence-electron chi connectivity index (χ1n) is 9.44. The van der Waals surface area contributed by atoms with Crippen LogP contribution in [0.3, 0.4) is 0 Å². The fourth-order valence-corrected chi connectivity index (χ4v) is 3.46. The van der Waals surface area contributed by atoms with Gasteiger partial charge in [0.25, 0.3) is 0 Å². The van der Waals surface area contributed by atoms with Crippen molar-refractivity contribution in [1.82, 2.24) is 10.1 Å². The maximum absolute atomic E-state index is 12.3. The monoisotopic (exact) mass is 386 g/mol. The zero-order valence-corrected chi connectivity index (χ0v) is 15.8. The number of benzene rings is 2. The number of ether oxygens (including phenoxy) is 2. The number of pyridine rings is 1. The van der Waals surface area contributed by atoms with Crippen LogP contribution in [0.5, 0.6) is 5.75 Å². The van der Waals surface area contributed by atoms with Gasteiger partial charge in [0.05, 0.1) is 5.52 Å². The molecule has 6 heteroatoms. The van der Waals surface area contributed by atoms with Gasteiger partial charge in [0, 0.05) is 23.4 Å². The van der Waals surface area contributed by atoms with Crippen molar-refractivity contribution >= 4 is 16.9 Å². The number of hydrogen-bond acceptors (Lipinski definition) is 6. The van der Waals surface area contributed by atoms with Crippen molar-refractivity contribution in [3.63, 3.8) is 0 Å². The topological polar surface area (TPSA) is 74.5 Å². The summed E-state index contributed by atoms with van der Waals surface area (Å²) < 4.78 is 16.6. The summed E-state index contributed by atoms with van der Waals surface area (Å²) in [5, 5.41) is 4.97. The minimum absolute atomic E-state index is 0.00924. The van der Waals surface area contributed by atoms with Crippen molar-refractivity contribution < 1.29 is 18.8 Å². The standard InChI is InChI=1S/C23H18N2O4/c1-14-10-16-6-7-17(11-21(16)28-14)22-12-18(25-29-22)13-27-23(26)20-9-8-15-4-2-3-5-19(15)24-20/h2-9,11-12,14H,10,13H2,1H3/t14-/m0/s1. The average Bonchev–Trinajstić information content (AvgIpc) is 3.36. The molecule has 0 unspecified atom stereocenters. The summed E-state index contributed by atoms with van der Waals surface area (Å²) in [5.74, 6) is 0.979. The summed E-state index contributed by atoms with van der Waals surface area (Å²) in [6.45, 7) is 2.06. The van der Waals surface area contributed by atoms with E-state index in [0.717, 1.165) is 28.6 Å². The molecule has 5 rings (SSSR count). The Kier molecular flexibility index (Phi) is 4.24. The SMILES string of the molecule is C[C@H]1Cc2ccc(-c3cc(COC(=O)c4ccc5ccccc5n4)no3)cc2O1. The Balaban J connectivity index is 1.28. The fourth-order valence-electron chi connectivity index (χ4n) is 3.46. The Hall–Kier alpha value is -3.67. The zero-order chi connectivity index (χ0) is 19.8. The average molecular weight is 386 g/mol. The lowest BCUT2D eigenvalue weighted by Crippen LogP contribution is -2.07. The van der Waals surface area contributed by atoms with Gasteiger partial charge in [-0.1, -0.05) is 41.6 Å². The maximum atomic E-state index is 12.3. The van der Waals surface area contributed by atoms with Gasteiger partial charge in [-0.05, 0) is 30.7 Å². The van der Waals surface area contributed by atoms with Gasteiger partial charge in [-0.3, -0.25) is 0 Å². The Labute approximate surface area is 167 Å². The van der Waals surface area contributed by atoms with Gasteiger partial charge in [-0.25, -0.2) is 9.78 Å². The van der Waals surface area contributed by atoms with Gasteiger partial charge < -0.3 is 14.0 Å². The highest BCUT2D eigenvalue weighted by atomic mass is 16.5. The van der Waals surface area contributed by atoms with E-state index in [-0.39, 0.29) is 18.4 Å². The minimum atomic E-state index is -0.500. The second-order valence-electron chi connectivity index (χ2n) is 7.10. The fraction of sp³-hybridized carbons (Fsp3) is 0.174. The Morgan fingerprint density at radius 1 is 1.14 bits per heavy atom. The molecule has 1 aliphatic rings. The summed E-state index contributed by atoms with van der Waals surface area (Å²) in [4.78, 5) is 16.7. The number of fused-ring (bicyclic) bond motifs is 2. The highest BCUT2D eigenvalue weighted by molar-refractivity contribution is 5.91. The summed E-state index contributed by atoms with van der Waals surface area (Å²) in [7, 11) is 0. The number of nitrogens with zero attached hydrogens (tertiary/aromatic N) is 2. The van der Waals surface area contributed by atoms with E-state index < -0.39 is 5.97 Å². The minimum Gasteiger partial charge on any atom is -0.490 e. The molecule has 0 bridgehead atoms. The second kappa shape index (κ2) is 7.05. The van der Waals surface area contributed by atoms with Gasteiger partial charge in [0.1, 0.15) is 29.8 Å². The third-order valence-corrected chi connectivity index (χ3v) is 4.90.